The maximum absolute atomic E-state index is 10.7. The van der Waals surface area contributed by atoms with Crippen LogP contribution in [-0.2, 0) is 4.79 Å². The van der Waals surface area contributed by atoms with E-state index in [1.54, 1.807) is 11.3 Å². The summed E-state index contributed by atoms with van der Waals surface area (Å²) >= 11 is 2.88. The van der Waals surface area contributed by atoms with Crippen LogP contribution in [0.2, 0.25) is 0 Å². The molecule has 1 N–H and O–H groups in total. The molecular weight excluding hydrogens is 282 g/mol. The van der Waals surface area contributed by atoms with E-state index in [9.17, 15) is 4.79 Å². The first-order chi connectivity index (χ1) is 9.25. The largest absolute Gasteiger partial charge is 0.481 e. The minimum atomic E-state index is -0.828. The highest BCUT2D eigenvalue weighted by molar-refractivity contribution is 7.99. The van der Waals surface area contributed by atoms with Gasteiger partial charge in [-0.05, 0) is 30.7 Å². The summed E-state index contributed by atoms with van der Waals surface area (Å²) in [6.45, 7) is 0. The summed E-state index contributed by atoms with van der Waals surface area (Å²) < 4.78 is 2.11. The van der Waals surface area contributed by atoms with Gasteiger partial charge in [-0.2, -0.15) is 0 Å². The predicted octanol–water partition coefficient (Wildman–Crippen LogP) is 2.91. The smallest absolute Gasteiger partial charge is 0.313 e. The number of aliphatic carboxylic acids is 1. The Morgan fingerprint density at radius 3 is 2.95 bits per heavy atom. The SMILES string of the molecule is O=C(O)CSc1nnc(-c2cccs2)n1C1CCC1. The Morgan fingerprint density at radius 1 is 1.53 bits per heavy atom. The lowest BCUT2D eigenvalue weighted by Crippen LogP contribution is -2.19. The number of carbonyl (C=O) groups is 1. The lowest BCUT2D eigenvalue weighted by Gasteiger charge is -2.28. The van der Waals surface area contributed by atoms with Crippen molar-refractivity contribution in [2.24, 2.45) is 0 Å². The van der Waals surface area contributed by atoms with Crippen molar-refractivity contribution in [3.63, 3.8) is 0 Å². The quantitative estimate of drug-likeness (QED) is 0.859. The van der Waals surface area contributed by atoms with Crippen LogP contribution < -0.4 is 0 Å². The Bertz CT molecular complexity index is 576. The van der Waals surface area contributed by atoms with E-state index in [4.69, 9.17) is 5.11 Å². The van der Waals surface area contributed by atoms with Gasteiger partial charge < -0.3 is 5.11 Å². The van der Waals surface area contributed by atoms with Gasteiger partial charge >= 0.3 is 5.97 Å². The highest BCUT2D eigenvalue weighted by atomic mass is 32.2. The van der Waals surface area contributed by atoms with Gasteiger partial charge in [-0.3, -0.25) is 9.36 Å². The first-order valence-electron chi connectivity index (χ1n) is 6.09. The second-order valence-electron chi connectivity index (χ2n) is 4.42. The van der Waals surface area contributed by atoms with Crippen LogP contribution >= 0.6 is 23.1 Å². The van der Waals surface area contributed by atoms with E-state index in [1.807, 2.05) is 17.5 Å². The number of thioether (sulfide) groups is 1. The number of carboxylic acids is 1. The van der Waals surface area contributed by atoms with Crippen LogP contribution in [0.5, 0.6) is 0 Å². The van der Waals surface area contributed by atoms with Crippen molar-refractivity contribution in [2.45, 2.75) is 30.5 Å². The summed E-state index contributed by atoms with van der Waals surface area (Å²) in [5.74, 6) is 0.0633. The van der Waals surface area contributed by atoms with Gasteiger partial charge in [0.2, 0.25) is 0 Å². The topological polar surface area (TPSA) is 68.0 Å². The second-order valence-corrected chi connectivity index (χ2v) is 6.31. The third kappa shape index (κ3) is 2.52. The number of thiophene rings is 1. The van der Waals surface area contributed by atoms with Crippen molar-refractivity contribution in [2.75, 3.05) is 5.75 Å². The molecule has 0 saturated heterocycles. The maximum Gasteiger partial charge on any atom is 0.313 e. The van der Waals surface area contributed by atoms with Gasteiger partial charge in [0.05, 0.1) is 10.6 Å². The standard InChI is InChI=1S/C12H13N3O2S2/c16-10(17)7-19-12-14-13-11(9-5-2-6-18-9)15(12)8-3-1-4-8/h2,5-6,8H,1,3-4,7H2,(H,16,17). The fourth-order valence-electron chi connectivity index (χ4n) is 2.05. The third-order valence-electron chi connectivity index (χ3n) is 3.17. The Balaban J connectivity index is 1.93. The van der Waals surface area contributed by atoms with Gasteiger partial charge in [0.1, 0.15) is 0 Å². The fraction of sp³-hybridized carbons (Fsp3) is 0.417. The number of nitrogens with zero attached hydrogens (tertiary/aromatic N) is 3. The molecule has 5 nitrogen and oxygen atoms in total. The molecule has 0 spiro atoms. The van der Waals surface area contributed by atoms with E-state index in [-0.39, 0.29) is 5.75 Å². The van der Waals surface area contributed by atoms with Crippen LogP contribution in [0.3, 0.4) is 0 Å². The molecule has 3 rings (SSSR count). The summed E-state index contributed by atoms with van der Waals surface area (Å²) in [7, 11) is 0. The lowest BCUT2D eigenvalue weighted by atomic mass is 9.93. The van der Waals surface area contributed by atoms with Gasteiger partial charge in [0.15, 0.2) is 11.0 Å². The van der Waals surface area contributed by atoms with E-state index in [0.29, 0.717) is 6.04 Å². The predicted molar refractivity (Wildman–Crippen MR) is 74.6 cm³/mol. The average molecular weight is 295 g/mol. The molecule has 2 aromatic rings. The van der Waals surface area contributed by atoms with Crippen LogP contribution in [0, 0.1) is 0 Å². The zero-order valence-corrected chi connectivity index (χ0v) is 11.8. The molecule has 1 aliphatic carbocycles. The highest BCUT2D eigenvalue weighted by Crippen LogP contribution is 2.38. The average Bonchev–Trinajstić information content (AvgIpc) is 2.92. The molecule has 0 radical (unpaired) electrons. The van der Waals surface area contributed by atoms with E-state index >= 15 is 0 Å². The van der Waals surface area contributed by atoms with E-state index in [2.05, 4.69) is 14.8 Å². The zero-order valence-electron chi connectivity index (χ0n) is 10.2. The van der Waals surface area contributed by atoms with Crippen molar-refractivity contribution >= 4 is 29.1 Å². The summed E-state index contributed by atoms with van der Waals surface area (Å²) in [4.78, 5) is 11.8. The molecule has 1 fully saturated rings. The number of carboxylic acid groups (broad SMARTS) is 1. The number of hydrogen-bond donors (Lipinski definition) is 1. The van der Waals surface area contributed by atoms with Crippen molar-refractivity contribution in [3.8, 4) is 10.7 Å². The van der Waals surface area contributed by atoms with Gasteiger partial charge in [0.25, 0.3) is 0 Å². The third-order valence-corrected chi connectivity index (χ3v) is 4.96. The molecule has 100 valence electrons. The molecule has 0 unspecified atom stereocenters. The van der Waals surface area contributed by atoms with E-state index in [1.165, 1.54) is 18.2 Å². The van der Waals surface area contributed by atoms with Crippen molar-refractivity contribution in [1.82, 2.24) is 14.8 Å². The Kier molecular flexibility index (Phi) is 3.56. The summed E-state index contributed by atoms with van der Waals surface area (Å²) in [6, 6.07) is 4.43. The molecule has 0 aromatic carbocycles. The van der Waals surface area contributed by atoms with Gasteiger partial charge in [0, 0.05) is 6.04 Å². The second kappa shape index (κ2) is 5.34. The van der Waals surface area contributed by atoms with Crippen molar-refractivity contribution < 1.29 is 9.90 Å². The lowest BCUT2D eigenvalue weighted by molar-refractivity contribution is -0.133. The van der Waals surface area contributed by atoms with Crippen LogP contribution in [0.1, 0.15) is 25.3 Å². The highest BCUT2D eigenvalue weighted by Gasteiger charge is 2.27. The fourth-order valence-corrected chi connectivity index (χ4v) is 3.48. The van der Waals surface area contributed by atoms with E-state index in [0.717, 1.165) is 28.7 Å². The molecule has 0 atom stereocenters. The Labute approximate surface area is 118 Å². The van der Waals surface area contributed by atoms with Crippen molar-refractivity contribution in [3.05, 3.63) is 17.5 Å². The molecule has 0 bridgehead atoms. The number of rotatable bonds is 5. The van der Waals surface area contributed by atoms with Crippen LogP contribution in [0.25, 0.3) is 10.7 Å². The Morgan fingerprint density at radius 2 is 2.37 bits per heavy atom. The minimum absolute atomic E-state index is 0.0231. The number of hydrogen-bond acceptors (Lipinski definition) is 5. The van der Waals surface area contributed by atoms with Crippen LogP contribution in [0.4, 0.5) is 0 Å². The molecular formula is C12H13N3O2S2. The van der Waals surface area contributed by atoms with Crippen LogP contribution in [0.15, 0.2) is 22.7 Å². The van der Waals surface area contributed by atoms with Gasteiger partial charge in [-0.25, -0.2) is 0 Å². The van der Waals surface area contributed by atoms with Gasteiger partial charge in [-0.1, -0.05) is 17.8 Å². The first kappa shape index (κ1) is 12.7. The monoisotopic (exact) mass is 295 g/mol. The first-order valence-corrected chi connectivity index (χ1v) is 7.95. The molecule has 1 aliphatic rings. The molecule has 1 saturated carbocycles. The Hall–Kier alpha value is -1.34. The molecule has 19 heavy (non-hydrogen) atoms. The summed E-state index contributed by atoms with van der Waals surface area (Å²) in [5.41, 5.74) is 0. The molecule has 2 heterocycles. The van der Waals surface area contributed by atoms with Crippen LogP contribution in [-0.4, -0.2) is 31.6 Å². The normalized spacial score (nSPS) is 15.4. The molecule has 7 heteroatoms. The number of aromatic nitrogens is 3. The van der Waals surface area contributed by atoms with E-state index < -0.39 is 5.97 Å². The zero-order chi connectivity index (χ0) is 13.2. The molecule has 0 aliphatic heterocycles. The molecule has 0 amide bonds. The minimum Gasteiger partial charge on any atom is -0.481 e. The summed E-state index contributed by atoms with van der Waals surface area (Å²) in [5, 5.41) is 19.9. The van der Waals surface area contributed by atoms with Crippen molar-refractivity contribution in [1.29, 1.82) is 0 Å². The maximum atomic E-state index is 10.7. The van der Waals surface area contributed by atoms with Gasteiger partial charge in [-0.15, -0.1) is 21.5 Å². The molecule has 2 aromatic heterocycles. The summed E-state index contributed by atoms with van der Waals surface area (Å²) in [6.07, 6.45) is 3.46.